The van der Waals surface area contributed by atoms with Crippen molar-refractivity contribution in [1.82, 2.24) is 24.9 Å². The molecule has 1 aliphatic heterocycles. The van der Waals surface area contributed by atoms with E-state index in [1.165, 1.54) is 6.07 Å². The quantitative estimate of drug-likeness (QED) is 0.219. The van der Waals surface area contributed by atoms with Gasteiger partial charge in [0, 0.05) is 23.3 Å². The molecule has 7 heteroatoms. The van der Waals surface area contributed by atoms with E-state index in [9.17, 15) is 4.39 Å². The van der Waals surface area contributed by atoms with E-state index in [0.717, 1.165) is 55.7 Å². The van der Waals surface area contributed by atoms with E-state index in [1.807, 2.05) is 66.7 Å². The summed E-state index contributed by atoms with van der Waals surface area (Å²) in [6, 6.07) is 33.0. The first-order chi connectivity index (χ1) is 21.2. The highest BCUT2D eigenvalue weighted by Crippen LogP contribution is 2.37. The lowest BCUT2D eigenvalue weighted by Gasteiger charge is -2.24. The molecule has 1 atom stereocenters. The average Bonchev–Trinajstić information content (AvgIpc) is 3.08. The van der Waals surface area contributed by atoms with Crippen LogP contribution in [0, 0.1) is 5.95 Å². The van der Waals surface area contributed by atoms with Crippen LogP contribution in [0.15, 0.2) is 122 Å². The van der Waals surface area contributed by atoms with Crippen LogP contribution in [0.1, 0.15) is 17.2 Å². The van der Waals surface area contributed by atoms with Gasteiger partial charge in [-0.2, -0.15) is 4.39 Å². The lowest BCUT2D eigenvalue weighted by molar-refractivity contribution is 0.589. The Morgan fingerprint density at radius 3 is 2.21 bits per heavy atom. The van der Waals surface area contributed by atoms with Gasteiger partial charge in [-0.25, -0.2) is 15.0 Å². The molecular formula is C36H23FN6. The zero-order valence-electron chi connectivity index (χ0n) is 22.8. The molecule has 0 amide bonds. The first-order valence-electron chi connectivity index (χ1n) is 14.0. The van der Waals surface area contributed by atoms with Crippen LogP contribution in [0.2, 0.25) is 0 Å². The van der Waals surface area contributed by atoms with Crippen molar-refractivity contribution in [3.05, 3.63) is 139 Å². The summed E-state index contributed by atoms with van der Waals surface area (Å²) in [7, 11) is 0. The van der Waals surface area contributed by atoms with Gasteiger partial charge in [0.15, 0.2) is 0 Å². The molecule has 43 heavy (non-hydrogen) atoms. The molecule has 5 heterocycles. The predicted molar refractivity (Wildman–Crippen MR) is 169 cm³/mol. The summed E-state index contributed by atoms with van der Waals surface area (Å²) >= 11 is 0. The zero-order chi connectivity index (χ0) is 28.8. The van der Waals surface area contributed by atoms with Crippen LogP contribution in [0.4, 0.5) is 10.1 Å². The van der Waals surface area contributed by atoms with Gasteiger partial charge in [-0.3, -0.25) is 9.97 Å². The maximum absolute atomic E-state index is 14.1. The molecule has 3 aromatic carbocycles. The third-order valence-electron chi connectivity index (χ3n) is 7.70. The van der Waals surface area contributed by atoms with Crippen LogP contribution in [0.3, 0.4) is 0 Å². The number of anilines is 1. The van der Waals surface area contributed by atoms with Crippen LogP contribution < -0.4 is 5.32 Å². The average molecular weight is 559 g/mol. The molecule has 1 N–H and O–H groups in total. The number of aromatic nitrogens is 5. The van der Waals surface area contributed by atoms with Crippen LogP contribution in [-0.2, 0) is 0 Å². The Kier molecular flexibility index (Phi) is 5.93. The van der Waals surface area contributed by atoms with Gasteiger partial charge >= 0.3 is 0 Å². The van der Waals surface area contributed by atoms with Gasteiger partial charge < -0.3 is 5.32 Å². The topological polar surface area (TPSA) is 76.5 Å². The molecule has 6 nitrogen and oxygen atoms in total. The molecule has 0 saturated heterocycles. The monoisotopic (exact) mass is 558 g/mol. The van der Waals surface area contributed by atoms with Crippen LogP contribution in [-0.4, -0.2) is 24.9 Å². The second kappa shape index (κ2) is 10.2. The van der Waals surface area contributed by atoms with Crippen LogP contribution >= 0.6 is 0 Å². The summed E-state index contributed by atoms with van der Waals surface area (Å²) in [4.78, 5) is 23.6. The van der Waals surface area contributed by atoms with Crippen molar-refractivity contribution >= 4 is 33.7 Å². The largest absolute Gasteiger partial charge is 0.372 e. The van der Waals surface area contributed by atoms with Gasteiger partial charge in [-0.1, -0.05) is 66.7 Å². The van der Waals surface area contributed by atoms with E-state index in [2.05, 4.69) is 56.7 Å². The van der Waals surface area contributed by atoms with Gasteiger partial charge in [0.25, 0.3) is 0 Å². The standard InChI is InChI=1S/C36H23FN6/c37-31-18-16-23-14-13-22-15-17-27(40-32(22)33(23)42-31)25-8-5-7-24(21-25)26-9-6-12-30-34(26)43-36(29-11-2-4-20-39-29)35(41-30)28-10-1-3-19-38-28/h1-21,27,40H. The Labute approximate surface area is 246 Å². The second-order valence-corrected chi connectivity index (χ2v) is 10.4. The third-order valence-corrected chi connectivity index (χ3v) is 7.70. The number of nitrogens with zero attached hydrogens (tertiary/aromatic N) is 5. The number of nitrogens with one attached hydrogen (secondary N) is 1. The van der Waals surface area contributed by atoms with E-state index < -0.39 is 5.95 Å². The van der Waals surface area contributed by atoms with Gasteiger partial charge in [-0.15, -0.1) is 0 Å². The van der Waals surface area contributed by atoms with E-state index in [-0.39, 0.29) is 6.04 Å². The normalized spacial score (nSPS) is 14.0. The van der Waals surface area contributed by atoms with Crippen LogP contribution in [0.25, 0.3) is 61.9 Å². The Balaban J connectivity index is 1.24. The maximum Gasteiger partial charge on any atom is 0.213 e. The highest BCUT2D eigenvalue weighted by molar-refractivity contribution is 5.97. The number of para-hydroxylation sites is 1. The molecule has 1 unspecified atom stereocenters. The summed E-state index contributed by atoms with van der Waals surface area (Å²) in [5, 5.41) is 4.48. The molecule has 7 aromatic rings. The SMILES string of the molecule is Fc1ccc2ccc3c(c2n1)NC(c1cccc(-c2cccc4nc(-c5ccccn5)c(-c5ccccn5)nc24)c1)C=C3. The van der Waals surface area contributed by atoms with Crippen molar-refractivity contribution in [1.29, 1.82) is 0 Å². The molecule has 0 aliphatic carbocycles. The summed E-state index contributed by atoms with van der Waals surface area (Å²) < 4.78 is 14.1. The fourth-order valence-electron chi connectivity index (χ4n) is 5.64. The van der Waals surface area contributed by atoms with Crippen LogP contribution in [0.5, 0.6) is 0 Å². The van der Waals surface area contributed by atoms with Crippen molar-refractivity contribution in [3.63, 3.8) is 0 Å². The molecular weight excluding hydrogens is 535 g/mol. The van der Waals surface area contributed by atoms with E-state index >= 15 is 0 Å². The van der Waals surface area contributed by atoms with Crippen molar-refractivity contribution in [2.45, 2.75) is 6.04 Å². The van der Waals surface area contributed by atoms with E-state index in [1.54, 1.807) is 18.5 Å². The van der Waals surface area contributed by atoms with Gasteiger partial charge in [0.2, 0.25) is 5.95 Å². The molecule has 1 aliphatic rings. The highest BCUT2D eigenvalue weighted by Gasteiger charge is 2.20. The van der Waals surface area contributed by atoms with E-state index in [0.29, 0.717) is 16.9 Å². The molecule has 204 valence electrons. The van der Waals surface area contributed by atoms with Gasteiger partial charge in [-0.05, 0) is 65.2 Å². The summed E-state index contributed by atoms with van der Waals surface area (Å²) in [6.45, 7) is 0. The molecule has 8 rings (SSSR count). The fourth-order valence-corrected chi connectivity index (χ4v) is 5.64. The lowest BCUT2D eigenvalue weighted by Crippen LogP contribution is -2.13. The van der Waals surface area contributed by atoms with Gasteiger partial charge in [0.05, 0.1) is 39.7 Å². The number of rotatable bonds is 4. The van der Waals surface area contributed by atoms with E-state index in [4.69, 9.17) is 9.97 Å². The first-order valence-corrected chi connectivity index (χ1v) is 14.0. The minimum atomic E-state index is -0.496. The molecule has 0 spiro atoms. The summed E-state index contributed by atoms with van der Waals surface area (Å²) in [6.07, 6.45) is 7.70. The Hall–Kier alpha value is -5.82. The smallest absolute Gasteiger partial charge is 0.213 e. The minimum Gasteiger partial charge on any atom is -0.372 e. The molecule has 4 aromatic heterocycles. The van der Waals surface area contributed by atoms with Gasteiger partial charge in [0.1, 0.15) is 11.4 Å². The summed E-state index contributed by atoms with van der Waals surface area (Å²) in [5.74, 6) is -0.496. The second-order valence-electron chi connectivity index (χ2n) is 10.4. The minimum absolute atomic E-state index is 0.121. The summed E-state index contributed by atoms with van der Waals surface area (Å²) in [5.41, 5.74) is 9.85. The zero-order valence-corrected chi connectivity index (χ0v) is 22.8. The number of pyridine rings is 3. The number of fused-ring (bicyclic) bond motifs is 4. The molecule has 0 fully saturated rings. The highest BCUT2D eigenvalue weighted by atomic mass is 19.1. The Morgan fingerprint density at radius 1 is 0.651 bits per heavy atom. The number of hydrogen-bond donors (Lipinski definition) is 1. The fraction of sp³-hybridized carbons (Fsp3) is 0.0278. The number of hydrogen-bond acceptors (Lipinski definition) is 6. The van der Waals surface area contributed by atoms with Crippen molar-refractivity contribution in [2.24, 2.45) is 0 Å². The Bertz CT molecular complexity index is 2180. The van der Waals surface area contributed by atoms with Crippen molar-refractivity contribution in [3.8, 4) is 33.9 Å². The Morgan fingerprint density at radius 2 is 1.42 bits per heavy atom. The first kappa shape index (κ1) is 24.9. The predicted octanol–water partition coefficient (Wildman–Crippen LogP) is 8.29. The molecule has 0 radical (unpaired) electrons. The van der Waals surface area contributed by atoms with Crippen molar-refractivity contribution in [2.75, 3.05) is 5.32 Å². The number of benzene rings is 3. The molecule has 0 bridgehead atoms. The number of halogens is 1. The van der Waals surface area contributed by atoms with Crippen molar-refractivity contribution < 1.29 is 4.39 Å². The molecule has 0 saturated carbocycles. The lowest BCUT2D eigenvalue weighted by atomic mass is 9.95. The maximum atomic E-state index is 14.1. The third kappa shape index (κ3) is 4.48.